The molecule has 2 rings (SSSR count). The van der Waals surface area contributed by atoms with Crippen LogP contribution in [0.15, 0.2) is 29.8 Å². The Morgan fingerprint density at radius 3 is 2.40 bits per heavy atom. The Labute approximate surface area is 132 Å². The van der Waals surface area contributed by atoms with Gasteiger partial charge in [-0.15, -0.1) is 11.8 Å². The van der Waals surface area contributed by atoms with Gasteiger partial charge in [-0.05, 0) is 33.6 Å². The molecule has 0 amide bonds. The van der Waals surface area contributed by atoms with Crippen molar-refractivity contribution in [1.29, 1.82) is 0 Å². The van der Waals surface area contributed by atoms with Crippen LogP contribution in [0.1, 0.15) is 51.0 Å². The topological polar surface area (TPSA) is 0 Å². The summed E-state index contributed by atoms with van der Waals surface area (Å²) < 4.78 is 0. The van der Waals surface area contributed by atoms with E-state index in [1.54, 1.807) is 5.57 Å². The highest BCUT2D eigenvalue weighted by Crippen LogP contribution is 2.51. The van der Waals surface area contributed by atoms with E-state index < -0.39 is 0 Å². The van der Waals surface area contributed by atoms with Crippen LogP contribution in [0, 0.1) is 5.41 Å². The van der Waals surface area contributed by atoms with Crippen LogP contribution in [0.25, 0.3) is 6.08 Å². The maximum Gasteiger partial charge on any atom is 0.0526 e. The van der Waals surface area contributed by atoms with Crippen LogP contribution in [0.2, 0.25) is 0 Å². The molecule has 1 aromatic carbocycles. The van der Waals surface area contributed by atoms with Crippen LogP contribution in [0.4, 0.5) is 0 Å². The molecule has 2 atom stereocenters. The molecule has 0 fully saturated rings. The van der Waals surface area contributed by atoms with E-state index in [4.69, 9.17) is 0 Å². The number of benzene rings is 1. The van der Waals surface area contributed by atoms with Crippen molar-refractivity contribution in [2.24, 2.45) is 5.41 Å². The van der Waals surface area contributed by atoms with E-state index in [-0.39, 0.29) is 0 Å². The molecule has 20 heavy (non-hydrogen) atoms. The van der Waals surface area contributed by atoms with Crippen molar-refractivity contribution < 1.29 is 0 Å². The zero-order valence-corrected chi connectivity index (χ0v) is 14.9. The summed E-state index contributed by atoms with van der Waals surface area (Å²) in [6.07, 6.45) is 2.46. The fraction of sp³-hybridized carbons (Fsp3) is 0.556. The third-order valence-electron chi connectivity index (χ3n) is 3.66. The van der Waals surface area contributed by atoms with Gasteiger partial charge in [0.1, 0.15) is 0 Å². The predicted molar refractivity (Wildman–Crippen MR) is 96.7 cm³/mol. The molecule has 0 bridgehead atoms. The van der Waals surface area contributed by atoms with Crippen molar-refractivity contribution in [1.82, 2.24) is 0 Å². The average Bonchev–Trinajstić information content (AvgIpc) is 2.74. The van der Waals surface area contributed by atoms with Gasteiger partial charge in [-0.1, -0.05) is 65.0 Å². The van der Waals surface area contributed by atoms with E-state index in [1.807, 2.05) is 0 Å². The first-order valence-corrected chi connectivity index (χ1v) is 9.62. The van der Waals surface area contributed by atoms with Gasteiger partial charge < -0.3 is 0 Å². The minimum absolute atomic E-state index is 0.307. The maximum atomic E-state index is 2.46. The zero-order valence-electron chi connectivity index (χ0n) is 13.3. The Morgan fingerprint density at radius 2 is 1.80 bits per heavy atom. The van der Waals surface area contributed by atoms with Gasteiger partial charge in [0, 0.05) is 5.25 Å². The molecule has 2 heteroatoms. The fourth-order valence-electron chi connectivity index (χ4n) is 2.89. The second-order valence-electron chi connectivity index (χ2n) is 6.31. The highest BCUT2D eigenvalue weighted by atomic mass is 32.2. The summed E-state index contributed by atoms with van der Waals surface area (Å²) in [5, 5.41) is 1.16. The van der Waals surface area contributed by atoms with Crippen LogP contribution in [-0.4, -0.2) is 16.8 Å². The van der Waals surface area contributed by atoms with Gasteiger partial charge in [-0.3, -0.25) is 0 Å². The van der Waals surface area contributed by atoms with Gasteiger partial charge in [0.2, 0.25) is 0 Å². The van der Waals surface area contributed by atoms with Gasteiger partial charge in [0.15, 0.2) is 0 Å². The minimum atomic E-state index is 0.307. The molecule has 110 valence electrons. The second kappa shape index (κ2) is 6.62. The molecule has 0 nitrogen and oxygen atoms in total. The standard InChI is InChI=1S/C18H26S2/c1-6-19-16-14-11-9-8-10-13(14)12-15(16)17(20-7-2)18(3,4)5/h8-12,16-17H,6-7H2,1-5H3. The summed E-state index contributed by atoms with van der Waals surface area (Å²) >= 11 is 4.18. The third-order valence-corrected chi connectivity index (χ3v) is 6.50. The van der Waals surface area contributed by atoms with Crippen LogP contribution in [-0.2, 0) is 0 Å². The van der Waals surface area contributed by atoms with Crippen molar-refractivity contribution in [3.63, 3.8) is 0 Å². The lowest BCUT2D eigenvalue weighted by molar-refractivity contribution is 0.420. The molecule has 0 saturated carbocycles. The summed E-state index contributed by atoms with van der Waals surface area (Å²) in [6.45, 7) is 11.7. The third kappa shape index (κ3) is 3.28. The van der Waals surface area contributed by atoms with E-state index in [0.717, 1.165) is 0 Å². The molecule has 1 aliphatic carbocycles. The van der Waals surface area contributed by atoms with Crippen LogP contribution in [0.5, 0.6) is 0 Å². The predicted octanol–water partition coefficient (Wildman–Crippen LogP) is 6.05. The molecule has 1 aliphatic rings. The average molecular weight is 307 g/mol. The van der Waals surface area contributed by atoms with Crippen LogP contribution >= 0.6 is 23.5 Å². The molecule has 2 unspecified atom stereocenters. The molecular weight excluding hydrogens is 280 g/mol. The lowest BCUT2D eigenvalue weighted by atomic mass is 9.86. The number of fused-ring (bicyclic) bond motifs is 1. The zero-order chi connectivity index (χ0) is 14.8. The van der Waals surface area contributed by atoms with Crippen molar-refractivity contribution in [2.45, 2.75) is 45.1 Å². The normalized spacial score (nSPS) is 19.6. The smallest absolute Gasteiger partial charge is 0.0526 e. The molecule has 1 aromatic rings. The maximum absolute atomic E-state index is 2.46. The summed E-state index contributed by atoms with van der Waals surface area (Å²) in [5.74, 6) is 2.35. The Bertz CT molecular complexity index is 482. The Kier molecular flexibility index (Phi) is 5.30. The largest absolute Gasteiger partial charge is 0.154 e. The van der Waals surface area contributed by atoms with E-state index in [0.29, 0.717) is 15.9 Å². The van der Waals surface area contributed by atoms with E-state index in [9.17, 15) is 0 Å². The van der Waals surface area contributed by atoms with Gasteiger partial charge in [0.25, 0.3) is 0 Å². The highest BCUT2D eigenvalue weighted by Gasteiger charge is 2.36. The number of thioether (sulfide) groups is 2. The summed E-state index contributed by atoms with van der Waals surface area (Å²) in [4.78, 5) is 0. The van der Waals surface area contributed by atoms with Gasteiger partial charge >= 0.3 is 0 Å². The van der Waals surface area contributed by atoms with Gasteiger partial charge in [-0.25, -0.2) is 0 Å². The summed E-state index contributed by atoms with van der Waals surface area (Å²) in [5.41, 5.74) is 4.87. The molecule has 0 spiro atoms. The van der Waals surface area contributed by atoms with E-state index in [1.165, 1.54) is 22.6 Å². The summed E-state index contributed by atoms with van der Waals surface area (Å²) in [7, 11) is 0. The summed E-state index contributed by atoms with van der Waals surface area (Å²) in [6, 6.07) is 8.91. The molecule has 0 radical (unpaired) electrons. The second-order valence-corrected chi connectivity index (χ2v) is 9.07. The van der Waals surface area contributed by atoms with Crippen molar-refractivity contribution in [3.8, 4) is 0 Å². The van der Waals surface area contributed by atoms with Gasteiger partial charge in [0.05, 0.1) is 5.25 Å². The minimum Gasteiger partial charge on any atom is -0.154 e. The first-order valence-electron chi connectivity index (χ1n) is 7.52. The van der Waals surface area contributed by atoms with E-state index in [2.05, 4.69) is 88.5 Å². The number of hydrogen-bond acceptors (Lipinski definition) is 2. The number of hydrogen-bond donors (Lipinski definition) is 0. The lowest BCUT2D eigenvalue weighted by Crippen LogP contribution is -2.26. The van der Waals surface area contributed by atoms with Crippen molar-refractivity contribution in [3.05, 3.63) is 41.0 Å². The van der Waals surface area contributed by atoms with Gasteiger partial charge in [-0.2, -0.15) is 11.8 Å². The number of rotatable bonds is 5. The molecule has 0 aromatic heterocycles. The van der Waals surface area contributed by atoms with Crippen LogP contribution < -0.4 is 0 Å². The molecule has 0 heterocycles. The quantitative estimate of drug-likeness (QED) is 0.650. The monoisotopic (exact) mass is 306 g/mol. The molecular formula is C18H26S2. The van der Waals surface area contributed by atoms with E-state index >= 15 is 0 Å². The first kappa shape index (κ1) is 16.0. The fourth-order valence-corrected chi connectivity index (χ4v) is 5.33. The van der Waals surface area contributed by atoms with Crippen LogP contribution in [0.3, 0.4) is 0 Å². The van der Waals surface area contributed by atoms with Crippen molar-refractivity contribution in [2.75, 3.05) is 11.5 Å². The first-order chi connectivity index (χ1) is 9.49. The Morgan fingerprint density at radius 1 is 1.10 bits per heavy atom. The Hall–Kier alpha value is -0.340. The molecule has 0 aliphatic heterocycles. The highest BCUT2D eigenvalue weighted by molar-refractivity contribution is 8.01. The molecule has 0 N–H and O–H groups in total. The Balaban J connectivity index is 2.39. The SMILES string of the molecule is CCSC1C(C(SCC)C(C)(C)C)=Cc2ccccc21. The molecule has 0 saturated heterocycles. The lowest BCUT2D eigenvalue weighted by Gasteiger charge is -2.34. The van der Waals surface area contributed by atoms with Crippen molar-refractivity contribution >= 4 is 29.6 Å².